The van der Waals surface area contributed by atoms with Gasteiger partial charge in [-0.2, -0.15) is 9.97 Å². The molecular formula is C11H12ClN5O. The Balaban J connectivity index is 2.67. The number of benzene rings is 1. The van der Waals surface area contributed by atoms with Gasteiger partial charge in [0.1, 0.15) is 5.82 Å². The SMILES string of the molecule is Cc1nc(N(C)N)nc(=O)n1-c1ccccc1Cl. The minimum Gasteiger partial charge on any atom is -0.282 e. The lowest BCUT2D eigenvalue weighted by atomic mass is 10.3. The molecule has 0 aliphatic rings. The molecule has 0 unspecified atom stereocenters. The molecule has 1 aromatic carbocycles. The zero-order valence-electron chi connectivity index (χ0n) is 9.96. The number of anilines is 1. The second-order valence-electron chi connectivity index (χ2n) is 3.75. The van der Waals surface area contributed by atoms with Crippen LogP contribution in [0.4, 0.5) is 5.95 Å². The van der Waals surface area contributed by atoms with E-state index in [1.54, 1.807) is 38.2 Å². The van der Waals surface area contributed by atoms with Gasteiger partial charge in [0.05, 0.1) is 10.7 Å². The van der Waals surface area contributed by atoms with Crippen LogP contribution in [-0.2, 0) is 0 Å². The van der Waals surface area contributed by atoms with Crippen LogP contribution in [0.3, 0.4) is 0 Å². The minimum absolute atomic E-state index is 0.167. The number of hydrazine groups is 1. The summed E-state index contributed by atoms with van der Waals surface area (Å²) in [5.74, 6) is 6.14. The highest BCUT2D eigenvalue weighted by molar-refractivity contribution is 6.32. The van der Waals surface area contributed by atoms with Crippen molar-refractivity contribution in [2.75, 3.05) is 12.1 Å². The van der Waals surface area contributed by atoms with Crippen molar-refractivity contribution in [1.29, 1.82) is 0 Å². The average molecular weight is 266 g/mol. The summed E-state index contributed by atoms with van der Waals surface area (Å²) in [7, 11) is 1.56. The van der Waals surface area contributed by atoms with Crippen molar-refractivity contribution in [3.63, 3.8) is 0 Å². The molecule has 94 valence electrons. The number of hydrogen-bond acceptors (Lipinski definition) is 5. The Kier molecular flexibility index (Phi) is 3.31. The molecule has 7 heteroatoms. The smallest absolute Gasteiger partial charge is 0.282 e. The largest absolute Gasteiger partial charge is 0.356 e. The first-order chi connectivity index (χ1) is 8.50. The lowest BCUT2D eigenvalue weighted by Crippen LogP contribution is -2.33. The van der Waals surface area contributed by atoms with Crippen molar-refractivity contribution >= 4 is 17.5 Å². The molecule has 18 heavy (non-hydrogen) atoms. The first-order valence-electron chi connectivity index (χ1n) is 5.21. The first kappa shape index (κ1) is 12.5. The van der Waals surface area contributed by atoms with E-state index < -0.39 is 5.69 Å². The fourth-order valence-corrected chi connectivity index (χ4v) is 1.78. The van der Waals surface area contributed by atoms with E-state index in [0.717, 1.165) is 0 Å². The van der Waals surface area contributed by atoms with Crippen LogP contribution in [-0.4, -0.2) is 21.6 Å². The van der Waals surface area contributed by atoms with Crippen molar-refractivity contribution < 1.29 is 0 Å². The third kappa shape index (κ3) is 2.20. The Morgan fingerprint density at radius 1 is 1.33 bits per heavy atom. The van der Waals surface area contributed by atoms with Gasteiger partial charge in [0, 0.05) is 7.05 Å². The summed E-state index contributed by atoms with van der Waals surface area (Å²) in [6.07, 6.45) is 0. The molecule has 0 amide bonds. The predicted octanol–water partition coefficient (Wildman–Crippen LogP) is 0.899. The molecule has 0 aliphatic heterocycles. The van der Waals surface area contributed by atoms with Crippen LogP contribution in [0.15, 0.2) is 29.1 Å². The number of rotatable bonds is 2. The standard InChI is InChI=1S/C11H12ClN5O/c1-7-14-10(16(2)13)15-11(18)17(7)9-6-4-3-5-8(9)12/h3-6H,13H2,1-2H3. The Morgan fingerprint density at radius 2 is 2.00 bits per heavy atom. The van der Waals surface area contributed by atoms with Gasteiger partial charge in [-0.15, -0.1) is 0 Å². The van der Waals surface area contributed by atoms with E-state index in [4.69, 9.17) is 17.4 Å². The van der Waals surface area contributed by atoms with Gasteiger partial charge in [0.2, 0.25) is 5.95 Å². The molecule has 0 spiro atoms. The Hall–Kier alpha value is -1.92. The number of nitrogens with zero attached hydrogens (tertiary/aromatic N) is 4. The maximum absolute atomic E-state index is 12.0. The number of aryl methyl sites for hydroxylation is 1. The molecule has 0 aliphatic carbocycles. The molecule has 6 nitrogen and oxygen atoms in total. The van der Waals surface area contributed by atoms with Gasteiger partial charge in [-0.1, -0.05) is 23.7 Å². The highest BCUT2D eigenvalue weighted by Crippen LogP contribution is 2.19. The van der Waals surface area contributed by atoms with E-state index in [1.807, 2.05) is 0 Å². The molecular weight excluding hydrogens is 254 g/mol. The van der Waals surface area contributed by atoms with E-state index in [9.17, 15) is 4.79 Å². The van der Waals surface area contributed by atoms with Gasteiger partial charge in [-0.25, -0.2) is 15.2 Å². The van der Waals surface area contributed by atoms with E-state index >= 15 is 0 Å². The second-order valence-corrected chi connectivity index (χ2v) is 4.16. The molecule has 0 bridgehead atoms. The zero-order valence-corrected chi connectivity index (χ0v) is 10.7. The lowest BCUT2D eigenvalue weighted by Gasteiger charge is -2.14. The summed E-state index contributed by atoms with van der Waals surface area (Å²) >= 11 is 6.05. The van der Waals surface area contributed by atoms with Crippen molar-refractivity contribution in [2.24, 2.45) is 5.84 Å². The molecule has 1 heterocycles. The van der Waals surface area contributed by atoms with Gasteiger partial charge in [0.25, 0.3) is 0 Å². The van der Waals surface area contributed by atoms with Crippen LogP contribution < -0.4 is 16.5 Å². The van der Waals surface area contributed by atoms with Crippen molar-refractivity contribution in [2.45, 2.75) is 6.92 Å². The summed E-state index contributed by atoms with van der Waals surface area (Å²) in [6.45, 7) is 1.69. The van der Waals surface area contributed by atoms with Gasteiger partial charge >= 0.3 is 5.69 Å². The average Bonchev–Trinajstić information content (AvgIpc) is 2.30. The predicted molar refractivity (Wildman–Crippen MR) is 70.0 cm³/mol. The fraction of sp³-hybridized carbons (Fsp3) is 0.182. The molecule has 2 rings (SSSR count). The highest BCUT2D eigenvalue weighted by Gasteiger charge is 2.12. The molecule has 0 fully saturated rings. The number of aromatic nitrogens is 3. The number of halogens is 1. The van der Waals surface area contributed by atoms with Gasteiger partial charge < -0.3 is 0 Å². The lowest BCUT2D eigenvalue weighted by molar-refractivity contribution is 0.781. The van der Waals surface area contributed by atoms with Crippen LogP contribution in [0.1, 0.15) is 5.82 Å². The van der Waals surface area contributed by atoms with E-state index in [2.05, 4.69) is 9.97 Å². The third-order valence-electron chi connectivity index (χ3n) is 2.38. The third-order valence-corrected chi connectivity index (χ3v) is 2.70. The van der Waals surface area contributed by atoms with Crippen LogP contribution in [0, 0.1) is 6.92 Å². The van der Waals surface area contributed by atoms with E-state index in [-0.39, 0.29) is 5.95 Å². The molecule has 0 saturated carbocycles. The molecule has 1 aromatic heterocycles. The Labute approximate surface area is 109 Å². The van der Waals surface area contributed by atoms with Crippen LogP contribution >= 0.6 is 11.6 Å². The summed E-state index contributed by atoms with van der Waals surface area (Å²) in [6, 6.07) is 7.00. The Morgan fingerprint density at radius 3 is 2.56 bits per heavy atom. The number of hydrogen-bond donors (Lipinski definition) is 1. The molecule has 2 aromatic rings. The van der Waals surface area contributed by atoms with Crippen LogP contribution in [0.2, 0.25) is 5.02 Å². The zero-order chi connectivity index (χ0) is 13.3. The monoisotopic (exact) mass is 265 g/mol. The van der Waals surface area contributed by atoms with Crippen LogP contribution in [0.25, 0.3) is 5.69 Å². The molecule has 0 radical (unpaired) electrons. The maximum atomic E-state index is 12.0. The summed E-state index contributed by atoms with van der Waals surface area (Å²) < 4.78 is 1.34. The van der Waals surface area contributed by atoms with E-state index in [0.29, 0.717) is 16.5 Å². The quantitative estimate of drug-likeness (QED) is 0.645. The second kappa shape index (κ2) is 4.75. The minimum atomic E-state index is -0.470. The summed E-state index contributed by atoms with van der Waals surface area (Å²) in [5, 5.41) is 1.64. The van der Waals surface area contributed by atoms with Crippen LogP contribution in [0.5, 0.6) is 0 Å². The topological polar surface area (TPSA) is 77.0 Å². The molecule has 2 N–H and O–H groups in total. The number of nitrogens with two attached hydrogens (primary N) is 1. The first-order valence-corrected chi connectivity index (χ1v) is 5.59. The fourth-order valence-electron chi connectivity index (χ4n) is 1.56. The Bertz CT molecular complexity index is 638. The number of para-hydroxylation sites is 1. The van der Waals surface area contributed by atoms with Crippen molar-refractivity contribution in [1.82, 2.24) is 14.5 Å². The van der Waals surface area contributed by atoms with Gasteiger partial charge in [0.15, 0.2) is 0 Å². The molecule has 0 saturated heterocycles. The summed E-state index contributed by atoms with van der Waals surface area (Å²) in [5.41, 5.74) is 0.0794. The highest BCUT2D eigenvalue weighted by atomic mass is 35.5. The molecule has 0 atom stereocenters. The van der Waals surface area contributed by atoms with Crippen molar-refractivity contribution in [3.05, 3.63) is 45.6 Å². The van der Waals surface area contributed by atoms with Crippen molar-refractivity contribution in [3.8, 4) is 5.69 Å². The maximum Gasteiger partial charge on any atom is 0.356 e. The van der Waals surface area contributed by atoms with E-state index in [1.165, 1.54) is 9.58 Å². The van der Waals surface area contributed by atoms with Gasteiger partial charge in [-0.3, -0.25) is 5.01 Å². The van der Waals surface area contributed by atoms with Gasteiger partial charge in [-0.05, 0) is 19.1 Å². The summed E-state index contributed by atoms with van der Waals surface area (Å²) in [4.78, 5) is 19.9. The normalized spacial score (nSPS) is 10.4.